The first-order chi connectivity index (χ1) is 15.3. The van der Waals surface area contributed by atoms with E-state index in [4.69, 9.17) is 5.11 Å². The highest BCUT2D eigenvalue weighted by molar-refractivity contribution is 5.96. The third-order valence-corrected chi connectivity index (χ3v) is 10.7. The molecular formula is C30H42O3. The van der Waals surface area contributed by atoms with Crippen molar-refractivity contribution in [1.82, 2.24) is 0 Å². The summed E-state index contributed by atoms with van der Waals surface area (Å²) >= 11 is 0. The molecule has 0 spiro atoms. The van der Waals surface area contributed by atoms with Gasteiger partial charge in [0.2, 0.25) is 0 Å². The maximum atomic E-state index is 12.7. The van der Waals surface area contributed by atoms with E-state index in [1.807, 2.05) is 12.2 Å². The minimum Gasteiger partial charge on any atom is -0.478 e. The number of carbonyl (C=O) groups excluding carboxylic acids is 1. The molecular weight excluding hydrogens is 408 g/mol. The Labute approximate surface area is 200 Å². The van der Waals surface area contributed by atoms with Crippen molar-refractivity contribution in [3.63, 3.8) is 0 Å². The van der Waals surface area contributed by atoms with Crippen molar-refractivity contribution in [3.8, 4) is 0 Å². The van der Waals surface area contributed by atoms with E-state index in [0.29, 0.717) is 23.3 Å². The number of allylic oxidation sites excluding steroid dienone is 7. The molecule has 1 N–H and O–H groups in total. The SMILES string of the molecule is C/C(=C\CCC(C)C1CCC2(C)C1=CC=C1C3(C)C=CC(=O)C(C)(C)C3CCC12C)C(=O)O. The number of aliphatic carboxylic acids is 1. The van der Waals surface area contributed by atoms with Gasteiger partial charge in [0, 0.05) is 16.4 Å². The molecule has 3 heteroatoms. The molecule has 4 aliphatic carbocycles. The zero-order valence-corrected chi connectivity index (χ0v) is 21.6. The van der Waals surface area contributed by atoms with E-state index in [2.05, 4.69) is 59.8 Å². The van der Waals surface area contributed by atoms with E-state index in [-0.39, 0.29) is 27.4 Å². The number of carbonyl (C=O) groups is 2. The molecule has 33 heavy (non-hydrogen) atoms. The molecule has 0 radical (unpaired) electrons. The molecule has 0 amide bonds. The molecule has 6 atom stereocenters. The molecule has 0 aromatic rings. The van der Waals surface area contributed by atoms with Crippen molar-refractivity contribution in [1.29, 1.82) is 0 Å². The Balaban J connectivity index is 1.66. The summed E-state index contributed by atoms with van der Waals surface area (Å²) in [6.45, 7) is 15.7. The van der Waals surface area contributed by atoms with E-state index in [0.717, 1.165) is 25.7 Å². The van der Waals surface area contributed by atoms with Gasteiger partial charge in [0.1, 0.15) is 0 Å². The minimum atomic E-state index is -0.817. The Bertz CT molecular complexity index is 992. The van der Waals surface area contributed by atoms with Crippen molar-refractivity contribution in [2.45, 2.75) is 87.0 Å². The molecule has 3 nitrogen and oxygen atoms in total. The molecule has 4 aliphatic rings. The fraction of sp³-hybridized carbons (Fsp3) is 0.667. The number of ketones is 1. The Morgan fingerprint density at radius 3 is 2.45 bits per heavy atom. The van der Waals surface area contributed by atoms with Crippen LogP contribution in [0.4, 0.5) is 0 Å². The number of fused-ring (bicyclic) bond motifs is 5. The lowest BCUT2D eigenvalue weighted by Gasteiger charge is -2.62. The lowest BCUT2D eigenvalue weighted by Crippen LogP contribution is -2.55. The van der Waals surface area contributed by atoms with Gasteiger partial charge in [-0.3, -0.25) is 4.79 Å². The van der Waals surface area contributed by atoms with Crippen molar-refractivity contribution in [2.75, 3.05) is 0 Å². The van der Waals surface area contributed by atoms with Crippen LogP contribution in [0.5, 0.6) is 0 Å². The molecule has 0 saturated heterocycles. The van der Waals surface area contributed by atoms with Crippen molar-refractivity contribution >= 4 is 11.8 Å². The number of rotatable bonds is 5. The molecule has 0 heterocycles. The second-order valence-electron chi connectivity index (χ2n) is 12.6. The van der Waals surface area contributed by atoms with Crippen LogP contribution in [0.2, 0.25) is 0 Å². The van der Waals surface area contributed by atoms with Crippen molar-refractivity contribution in [3.05, 3.63) is 47.1 Å². The van der Waals surface area contributed by atoms with Gasteiger partial charge < -0.3 is 5.11 Å². The summed E-state index contributed by atoms with van der Waals surface area (Å²) in [5.74, 6) is 0.902. The van der Waals surface area contributed by atoms with Crippen LogP contribution >= 0.6 is 0 Å². The fourth-order valence-corrected chi connectivity index (χ4v) is 8.21. The first kappa shape index (κ1) is 24.2. The topological polar surface area (TPSA) is 54.4 Å². The van der Waals surface area contributed by atoms with Crippen LogP contribution in [0.1, 0.15) is 87.0 Å². The maximum absolute atomic E-state index is 12.7. The summed E-state index contributed by atoms with van der Waals surface area (Å²) < 4.78 is 0. The van der Waals surface area contributed by atoms with E-state index in [1.54, 1.807) is 12.5 Å². The van der Waals surface area contributed by atoms with Crippen LogP contribution in [-0.4, -0.2) is 16.9 Å². The second kappa shape index (κ2) is 7.82. The van der Waals surface area contributed by atoms with Gasteiger partial charge in [-0.1, -0.05) is 77.0 Å². The molecule has 0 aromatic carbocycles. The molecule has 2 saturated carbocycles. The lowest BCUT2D eigenvalue weighted by atomic mass is 9.41. The lowest BCUT2D eigenvalue weighted by molar-refractivity contribution is -0.132. The van der Waals surface area contributed by atoms with Gasteiger partial charge in [0.25, 0.3) is 0 Å². The summed E-state index contributed by atoms with van der Waals surface area (Å²) in [6.07, 6.45) is 17.3. The van der Waals surface area contributed by atoms with Crippen molar-refractivity contribution < 1.29 is 14.7 Å². The number of hydrogen-bond acceptors (Lipinski definition) is 2. The average Bonchev–Trinajstić information content (AvgIpc) is 3.09. The standard InChI is InChI=1S/C30H42O3/c1-19(9-8-10-20(2)26(32)33)21-13-17-29(6)22(21)11-12-24-28(5)16-15-25(31)27(3,4)23(28)14-18-30(24,29)7/h10-12,15-16,19,21,23H,8-9,13-14,17-18H2,1-7H3,(H,32,33)/b20-10+. The third-order valence-electron chi connectivity index (χ3n) is 10.7. The second-order valence-corrected chi connectivity index (χ2v) is 12.6. The minimum absolute atomic E-state index is 0.0711. The molecule has 2 fully saturated rings. The van der Waals surface area contributed by atoms with Crippen LogP contribution in [0.25, 0.3) is 0 Å². The maximum Gasteiger partial charge on any atom is 0.330 e. The Kier molecular flexibility index (Phi) is 5.74. The highest BCUT2D eigenvalue weighted by Crippen LogP contribution is 2.71. The summed E-state index contributed by atoms with van der Waals surface area (Å²) in [5, 5.41) is 9.13. The largest absolute Gasteiger partial charge is 0.478 e. The molecule has 6 unspecified atom stereocenters. The summed E-state index contributed by atoms with van der Waals surface area (Å²) in [4.78, 5) is 23.8. The van der Waals surface area contributed by atoms with E-state index in [9.17, 15) is 9.59 Å². The summed E-state index contributed by atoms with van der Waals surface area (Å²) in [7, 11) is 0. The molecule has 0 aliphatic heterocycles. The van der Waals surface area contributed by atoms with E-state index >= 15 is 0 Å². The van der Waals surface area contributed by atoms with Gasteiger partial charge in [0.15, 0.2) is 5.78 Å². The number of hydrogen-bond donors (Lipinski definition) is 1. The van der Waals surface area contributed by atoms with E-state index in [1.165, 1.54) is 18.4 Å². The monoisotopic (exact) mass is 450 g/mol. The molecule has 0 aromatic heterocycles. The Morgan fingerprint density at radius 1 is 1.12 bits per heavy atom. The van der Waals surface area contributed by atoms with Gasteiger partial charge in [0.05, 0.1) is 0 Å². The first-order valence-corrected chi connectivity index (χ1v) is 12.9. The first-order valence-electron chi connectivity index (χ1n) is 12.9. The zero-order valence-electron chi connectivity index (χ0n) is 21.6. The van der Waals surface area contributed by atoms with Crippen molar-refractivity contribution in [2.24, 2.45) is 39.4 Å². The van der Waals surface area contributed by atoms with Gasteiger partial charge in [-0.05, 0) is 80.1 Å². The number of carboxylic acids is 1. The Morgan fingerprint density at radius 2 is 1.79 bits per heavy atom. The van der Waals surface area contributed by atoms with Crippen LogP contribution < -0.4 is 0 Å². The van der Waals surface area contributed by atoms with Crippen LogP contribution in [-0.2, 0) is 9.59 Å². The van der Waals surface area contributed by atoms with Gasteiger partial charge >= 0.3 is 5.97 Å². The zero-order chi connectivity index (χ0) is 24.4. The predicted molar refractivity (Wildman–Crippen MR) is 134 cm³/mol. The normalized spacial score (nSPS) is 40.3. The Hall–Kier alpha value is -1.90. The van der Waals surface area contributed by atoms with Crippen LogP contribution in [0.15, 0.2) is 47.1 Å². The highest BCUT2D eigenvalue weighted by Gasteiger charge is 2.63. The molecule has 180 valence electrons. The third kappa shape index (κ3) is 3.36. The number of carboxylic acid groups (broad SMARTS) is 1. The fourth-order valence-electron chi connectivity index (χ4n) is 8.21. The quantitative estimate of drug-likeness (QED) is 0.447. The van der Waals surface area contributed by atoms with Crippen LogP contribution in [0.3, 0.4) is 0 Å². The van der Waals surface area contributed by atoms with Gasteiger partial charge in [-0.25, -0.2) is 4.79 Å². The van der Waals surface area contributed by atoms with Gasteiger partial charge in [-0.2, -0.15) is 0 Å². The van der Waals surface area contributed by atoms with Gasteiger partial charge in [-0.15, -0.1) is 0 Å². The van der Waals surface area contributed by atoms with Crippen LogP contribution in [0, 0.1) is 39.4 Å². The molecule has 4 rings (SSSR count). The van der Waals surface area contributed by atoms with E-state index < -0.39 is 5.97 Å². The average molecular weight is 451 g/mol. The smallest absolute Gasteiger partial charge is 0.330 e. The summed E-state index contributed by atoms with van der Waals surface area (Å²) in [6, 6.07) is 0. The predicted octanol–water partition coefficient (Wildman–Crippen LogP) is 7.30. The summed E-state index contributed by atoms with van der Waals surface area (Å²) in [5.41, 5.74) is 3.46. The molecule has 0 bridgehead atoms. The highest BCUT2D eigenvalue weighted by atomic mass is 16.4.